The third-order valence-corrected chi connectivity index (χ3v) is 13.7. The van der Waals surface area contributed by atoms with Crippen LogP contribution in [0.1, 0.15) is 57.7 Å². The first-order valence-electron chi connectivity index (χ1n) is 15.0. The maximum absolute atomic E-state index is 14.5. The largest absolute Gasteiger partial charge is 0.416 e. The van der Waals surface area contributed by atoms with Crippen LogP contribution in [0.25, 0.3) is 0 Å². The van der Waals surface area contributed by atoms with Crippen molar-refractivity contribution in [3.8, 4) is 0 Å². The fraction of sp³-hybridized carbons (Fsp3) is 0.613. The standard InChI is InChI=1S/C31H43ClF4N4O2Si/c1-21-16-22(31(34,35)36)17-28(37-21)40-20-24(42-43(5,6)30(2,3)4)19-27(40)29(41)39(15-9-14-38-12-7-8-13-38)23-10-11-26(33)25(32)18-23/h10-11,16-18,24,27H,7-9,12-15,19-20H2,1-6H3/t24-,27-/m0/s1. The molecule has 4 rings (SSSR count). The van der Waals surface area contributed by atoms with E-state index in [1.807, 2.05) is 0 Å². The van der Waals surface area contributed by atoms with Crippen LogP contribution < -0.4 is 9.80 Å². The normalized spacial score (nSPS) is 20.2. The molecule has 12 heteroatoms. The van der Waals surface area contributed by atoms with E-state index in [-0.39, 0.29) is 40.1 Å². The molecule has 0 bridgehead atoms. The van der Waals surface area contributed by atoms with Gasteiger partial charge in [0.25, 0.3) is 0 Å². The minimum atomic E-state index is -4.56. The van der Waals surface area contributed by atoms with Crippen LogP contribution in [0, 0.1) is 12.7 Å². The molecule has 43 heavy (non-hydrogen) atoms. The number of anilines is 2. The Labute approximate surface area is 258 Å². The van der Waals surface area contributed by atoms with E-state index < -0.39 is 31.9 Å². The molecular formula is C31H43ClF4N4O2Si. The van der Waals surface area contributed by atoms with Crippen LogP contribution in [0.2, 0.25) is 23.2 Å². The molecular weight excluding hydrogens is 600 g/mol. The summed E-state index contributed by atoms with van der Waals surface area (Å²) in [6.45, 7) is 15.5. The van der Waals surface area contributed by atoms with Gasteiger partial charge >= 0.3 is 6.18 Å². The Balaban J connectivity index is 1.70. The van der Waals surface area contributed by atoms with Crippen LogP contribution >= 0.6 is 11.6 Å². The molecule has 2 aromatic rings. The Hall–Kier alpha value is -2.21. The van der Waals surface area contributed by atoms with Crippen LogP contribution in [-0.4, -0.2) is 69.0 Å². The van der Waals surface area contributed by atoms with E-state index >= 15 is 0 Å². The van der Waals surface area contributed by atoms with E-state index in [1.54, 1.807) is 9.80 Å². The van der Waals surface area contributed by atoms with E-state index in [0.717, 1.165) is 44.6 Å². The Kier molecular flexibility index (Phi) is 10.2. The number of likely N-dealkylation sites (tertiary alicyclic amines) is 1. The average molecular weight is 643 g/mol. The highest BCUT2D eigenvalue weighted by Crippen LogP contribution is 2.40. The van der Waals surface area contributed by atoms with E-state index in [2.05, 4.69) is 43.7 Å². The Morgan fingerprint density at radius 2 is 1.81 bits per heavy atom. The molecule has 0 unspecified atom stereocenters. The van der Waals surface area contributed by atoms with Gasteiger partial charge in [-0.05, 0) is 94.3 Å². The van der Waals surface area contributed by atoms with Gasteiger partial charge in [-0.2, -0.15) is 13.2 Å². The zero-order valence-corrected chi connectivity index (χ0v) is 27.7. The molecule has 1 amide bonds. The zero-order valence-electron chi connectivity index (χ0n) is 25.9. The molecule has 2 atom stereocenters. The molecule has 2 aliphatic rings. The summed E-state index contributed by atoms with van der Waals surface area (Å²) in [5.41, 5.74) is -0.167. The van der Waals surface area contributed by atoms with Crippen molar-refractivity contribution in [3.05, 3.63) is 52.4 Å². The number of carbonyl (C=O) groups is 1. The van der Waals surface area contributed by atoms with Crippen molar-refractivity contribution in [1.82, 2.24) is 9.88 Å². The fourth-order valence-corrected chi connectivity index (χ4v) is 7.12. The summed E-state index contributed by atoms with van der Waals surface area (Å²) < 4.78 is 62.3. The number of benzene rings is 1. The van der Waals surface area contributed by atoms with Crippen molar-refractivity contribution >= 4 is 37.3 Å². The first-order valence-corrected chi connectivity index (χ1v) is 18.2. The van der Waals surface area contributed by atoms with Gasteiger partial charge in [0.2, 0.25) is 5.91 Å². The maximum atomic E-state index is 14.5. The minimum absolute atomic E-state index is 0.0844. The van der Waals surface area contributed by atoms with Crippen molar-refractivity contribution < 1.29 is 26.8 Å². The summed E-state index contributed by atoms with van der Waals surface area (Å²) >= 11 is 6.14. The number of alkyl halides is 3. The topological polar surface area (TPSA) is 48.9 Å². The van der Waals surface area contributed by atoms with Gasteiger partial charge in [0.15, 0.2) is 8.32 Å². The number of hydrogen-bond acceptors (Lipinski definition) is 5. The zero-order chi connectivity index (χ0) is 31.7. The van der Waals surface area contributed by atoms with Crippen LogP contribution in [0.5, 0.6) is 0 Å². The first-order chi connectivity index (χ1) is 20.0. The highest BCUT2D eigenvalue weighted by molar-refractivity contribution is 6.74. The van der Waals surface area contributed by atoms with Crippen LogP contribution in [0.15, 0.2) is 30.3 Å². The summed E-state index contributed by atoms with van der Waals surface area (Å²) in [4.78, 5) is 24.5. The number of carbonyl (C=O) groups excluding carboxylic acids is 1. The smallest absolute Gasteiger partial charge is 0.412 e. The Morgan fingerprint density at radius 1 is 1.14 bits per heavy atom. The van der Waals surface area contributed by atoms with Crippen molar-refractivity contribution in [3.63, 3.8) is 0 Å². The average Bonchev–Trinajstić information content (AvgIpc) is 3.56. The molecule has 2 fully saturated rings. The summed E-state index contributed by atoms with van der Waals surface area (Å²) in [6, 6.07) is 5.36. The van der Waals surface area contributed by atoms with Crippen LogP contribution in [0.4, 0.5) is 29.1 Å². The number of aryl methyl sites for hydroxylation is 1. The molecule has 0 saturated carbocycles. The van der Waals surface area contributed by atoms with Gasteiger partial charge in [0.1, 0.15) is 17.7 Å². The van der Waals surface area contributed by atoms with Gasteiger partial charge in [-0.15, -0.1) is 0 Å². The molecule has 1 aromatic heterocycles. The monoisotopic (exact) mass is 642 g/mol. The lowest BCUT2D eigenvalue weighted by Crippen LogP contribution is -2.47. The van der Waals surface area contributed by atoms with Crippen molar-refractivity contribution in [2.75, 3.05) is 42.5 Å². The van der Waals surface area contributed by atoms with Gasteiger partial charge in [-0.3, -0.25) is 4.79 Å². The first kappa shape index (κ1) is 33.7. The SMILES string of the molecule is Cc1cc(C(F)(F)F)cc(N2C[C@@H](O[Si](C)(C)C(C)(C)C)C[C@H]2C(=O)N(CCCN2CCCC2)c2ccc(F)c(Cl)c2)n1. The second kappa shape index (κ2) is 13.0. The third-order valence-electron chi connectivity index (χ3n) is 8.91. The maximum Gasteiger partial charge on any atom is 0.416 e. The summed E-state index contributed by atoms with van der Waals surface area (Å²) in [7, 11) is -2.27. The third kappa shape index (κ3) is 8.09. The molecule has 1 aromatic carbocycles. The van der Waals surface area contributed by atoms with E-state index in [9.17, 15) is 22.4 Å². The van der Waals surface area contributed by atoms with Crippen molar-refractivity contribution in [2.24, 2.45) is 0 Å². The molecule has 0 spiro atoms. The lowest BCUT2D eigenvalue weighted by Gasteiger charge is -2.38. The summed E-state index contributed by atoms with van der Waals surface area (Å²) in [6.07, 6.45) is -1.68. The number of nitrogens with zero attached hydrogens (tertiary/aromatic N) is 4. The molecule has 0 aliphatic carbocycles. The highest BCUT2D eigenvalue weighted by Gasteiger charge is 2.46. The van der Waals surface area contributed by atoms with E-state index in [0.29, 0.717) is 25.1 Å². The summed E-state index contributed by atoms with van der Waals surface area (Å²) in [5, 5.41) is -0.204. The predicted octanol–water partition coefficient (Wildman–Crippen LogP) is 7.69. The van der Waals surface area contributed by atoms with Crippen molar-refractivity contribution in [1.29, 1.82) is 0 Å². The fourth-order valence-electron chi connectivity index (χ4n) is 5.58. The lowest BCUT2D eigenvalue weighted by atomic mass is 10.1. The number of pyridine rings is 1. The quantitative estimate of drug-likeness (QED) is 0.207. The van der Waals surface area contributed by atoms with E-state index in [1.165, 1.54) is 25.1 Å². The number of rotatable bonds is 9. The van der Waals surface area contributed by atoms with Gasteiger partial charge in [-0.25, -0.2) is 9.37 Å². The molecule has 238 valence electrons. The second-order valence-corrected chi connectivity index (χ2v) is 18.4. The van der Waals surface area contributed by atoms with Crippen LogP contribution in [-0.2, 0) is 15.4 Å². The van der Waals surface area contributed by atoms with Gasteiger partial charge < -0.3 is 19.1 Å². The molecule has 0 radical (unpaired) electrons. The number of aromatic nitrogens is 1. The van der Waals surface area contributed by atoms with Gasteiger partial charge in [0.05, 0.1) is 16.7 Å². The van der Waals surface area contributed by atoms with Gasteiger partial charge in [0, 0.05) is 30.9 Å². The summed E-state index contributed by atoms with van der Waals surface area (Å²) in [5.74, 6) is -0.813. The second-order valence-electron chi connectivity index (χ2n) is 13.2. The number of hydrogen-bond donors (Lipinski definition) is 0. The predicted molar refractivity (Wildman–Crippen MR) is 166 cm³/mol. The Bertz CT molecular complexity index is 1300. The molecule has 3 heterocycles. The number of halogens is 5. The van der Waals surface area contributed by atoms with Crippen molar-refractivity contribution in [2.45, 2.75) is 89.8 Å². The minimum Gasteiger partial charge on any atom is -0.412 e. The van der Waals surface area contributed by atoms with Gasteiger partial charge in [-0.1, -0.05) is 32.4 Å². The number of amides is 1. The lowest BCUT2D eigenvalue weighted by molar-refractivity contribution is -0.137. The molecule has 2 saturated heterocycles. The molecule has 2 aliphatic heterocycles. The van der Waals surface area contributed by atoms with Crippen LogP contribution in [0.3, 0.4) is 0 Å². The molecule has 0 N–H and O–H groups in total. The molecule has 6 nitrogen and oxygen atoms in total. The van der Waals surface area contributed by atoms with E-state index in [4.69, 9.17) is 16.0 Å². The highest BCUT2D eigenvalue weighted by atomic mass is 35.5. The Morgan fingerprint density at radius 3 is 2.42 bits per heavy atom.